The van der Waals surface area contributed by atoms with Crippen LogP contribution in [-0.2, 0) is 35.5 Å². The number of benzene rings is 2. The van der Waals surface area contributed by atoms with Gasteiger partial charge in [0.15, 0.2) is 0 Å². The van der Waals surface area contributed by atoms with Gasteiger partial charge in [-0.2, -0.15) is 0 Å². The van der Waals surface area contributed by atoms with Gasteiger partial charge in [0.1, 0.15) is 6.61 Å². The van der Waals surface area contributed by atoms with Crippen LogP contribution in [0.2, 0.25) is 0 Å². The van der Waals surface area contributed by atoms with Crippen molar-refractivity contribution in [3.8, 4) is 0 Å². The third kappa shape index (κ3) is 13.5. The van der Waals surface area contributed by atoms with E-state index in [1.165, 1.54) is 16.9 Å². The molecule has 2 aromatic heterocycles. The van der Waals surface area contributed by atoms with Crippen molar-refractivity contribution in [1.82, 2.24) is 30.4 Å². The Labute approximate surface area is 322 Å². The maximum absolute atomic E-state index is 13.8. The third-order valence-corrected chi connectivity index (χ3v) is 11.6. The first-order valence-corrected chi connectivity index (χ1v) is 20.4. The first-order valence-electron chi connectivity index (χ1n) is 18.6. The topological polar surface area (TPSA) is 135 Å². The maximum Gasteiger partial charge on any atom is 0.407 e. The Balaban J connectivity index is 1.32. The smallest absolute Gasteiger partial charge is 0.407 e. The molecule has 5 rings (SSSR count). The molecule has 3 amide bonds. The summed E-state index contributed by atoms with van der Waals surface area (Å²) in [6.45, 7) is 8.78. The fourth-order valence-electron chi connectivity index (χ4n) is 6.62. The number of alkyl carbamates (subject to hydrolysis) is 1. The molecule has 1 fully saturated rings. The zero-order chi connectivity index (χ0) is 37.4. The maximum atomic E-state index is 13.8. The molecule has 286 valence electrons. The molecule has 53 heavy (non-hydrogen) atoms. The largest absolute Gasteiger partial charge is 0.444 e. The van der Waals surface area contributed by atoms with E-state index in [2.05, 4.69) is 58.6 Å². The van der Waals surface area contributed by atoms with E-state index in [-0.39, 0.29) is 36.7 Å². The number of nitrogens with zero attached hydrogens (tertiary/aromatic N) is 4. The van der Waals surface area contributed by atoms with Gasteiger partial charge in [0.2, 0.25) is 0 Å². The van der Waals surface area contributed by atoms with E-state index in [0.29, 0.717) is 44.9 Å². The molecule has 0 radical (unpaired) electrons. The van der Waals surface area contributed by atoms with Crippen molar-refractivity contribution in [3.05, 3.63) is 104 Å². The Hall–Kier alpha value is -3.88. The van der Waals surface area contributed by atoms with Gasteiger partial charge < -0.3 is 30.7 Å². The molecular formula is C40H55N7O4S2. The standard InChI is InChI=1S/C40H55N7O4S2/c1-29(2)38-43-34(27-52-38)25-46(3)39(48)45-36(16-17-47-18-20-50-21-19-47)37(41)32(22-30-10-6-4-7-11-30)14-15-33(23-31-12-8-5-9-13-31)44-40(49)51-26-35-24-42-28-53-35/h4-13,24,27-29,32-33,36-37H,14-23,25-26,41H2,1-3H3,(H,44,49)(H,45,48)/t32-,33-,36-,37-/m0/s1. The molecule has 0 spiro atoms. The number of hydrogen-bond acceptors (Lipinski definition) is 10. The summed E-state index contributed by atoms with van der Waals surface area (Å²) in [7, 11) is 1.81. The van der Waals surface area contributed by atoms with E-state index >= 15 is 0 Å². The Morgan fingerprint density at radius 2 is 1.66 bits per heavy atom. The highest BCUT2D eigenvalue weighted by atomic mass is 32.1. The SMILES string of the molecule is CC(C)c1nc(CN(C)C(=O)N[C@@H](CCN2CCOCC2)[C@@H](N)[C@@H](CC[C@@H](Cc2ccccc2)NC(=O)OCc2cncs2)Cc2ccccc2)cs1. The Morgan fingerprint density at radius 3 is 2.30 bits per heavy atom. The molecule has 4 N–H and O–H groups in total. The van der Waals surface area contributed by atoms with Gasteiger partial charge in [-0.05, 0) is 49.1 Å². The summed E-state index contributed by atoms with van der Waals surface area (Å²) in [4.78, 5) is 40.7. The molecule has 1 aliphatic rings. The first kappa shape index (κ1) is 40.3. The molecule has 4 aromatic rings. The van der Waals surface area contributed by atoms with Crippen LogP contribution in [0.15, 0.2) is 77.8 Å². The molecule has 13 heteroatoms. The van der Waals surface area contributed by atoms with Gasteiger partial charge >= 0.3 is 12.1 Å². The zero-order valence-corrected chi connectivity index (χ0v) is 32.8. The summed E-state index contributed by atoms with van der Waals surface area (Å²) < 4.78 is 11.2. The lowest BCUT2D eigenvalue weighted by molar-refractivity contribution is 0.0354. The van der Waals surface area contributed by atoms with Crippen LogP contribution < -0.4 is 16.4 Å². The summed E-state index contributed by atoms with van der Waals surface area (Å²) in [5.41, 5.74) is 12.2. The molecule has 0 bridgehead atoms. The van der Waals surface area contributed by atoms with Crippen LogP contribution in [0.25, 0.3) is 0 Å². The van der Waals surface area contributed by atoms with Gasteiger partial charge in [0, 0.05) is 62.3 Å². The highest BCUT2D eigenvalue weighted by molar-refractivity contribution is 7.09. The molecule has 1 saturated heterocycles. The summed E-state index contributed by atoms with van der Waals surface area (Å²) in [5.74, 6) is 0.354. The minimum atomic E-state index is -0.456. The third-order valence-electron chi connectivity index (χ3n) is 9.69. The van der Waals surface area contributed by atoms with Gasteiger partial charge in [-0.15, -0.1) is 22.7 Å². The van der Waals surface area contributed by atoms with Crippen molar-refractivity contribution in [2.45, 2.75) is 83.1 Å². The number of carbonyl (C=O) groups is 2. The summed E-state index contributed by atoms with van der Waals surface area (Å²) in [6, 6.07) is 19.6. The molecule has 11 nitrogen and oxygen atoms in total. The number of hydrogen-bond donors (Lipinski definition) is 3. The fourth-order valence-corrected chi connectivity index (χ4v) is 7.96. The zero-order valence-electron chi connectivity index (χ0n) is 31.2. The normalized spacial score (nSPS) is 15.7. The van der Waals surface area contributed by atoms with E-state index < -0.39 is 6.09 Å². The Morgan fingerprint density at radius 1 is 0.962 bits per heavy atom. The number of morpholine rings is 1. The number of aromatic nitrogens is 2. The van der Waals surface area contributed by atoms with Gasteiger partial charge in [-0.3, -0.25) is 9.88 Å². The van der Waals surface area contributed by atoms with Crippen LogP contribution in [-0.4, -0.2) is 89.9 Å². The van der Waals surface area contributed by atoms with Crippen molar-refractivity contribution < 1.29 is 19.1 Å². The number of ether oxygens (including phenoxy) is 2. The van der Waals surface area contributed by atoms with Crippen LogP contribution >= 0.6 is 22.7 Å². The van der Waals surface area contributed by atoms with Gasteiger partial charge in [-0.25, -0.2) is 14.6 Å². The average Bonchev–Trinajstić information content (AvgIpc) is 3.88. The monoisotopic (exact) mass is 761 g/mol. The minimum Gasteiger partial charge on any atom is -0.444 e. The number of urea groups is 1. The second-order valence-corrected chi connectivity index (χ2v) is 16.0. The van der Waals surface area contributed by atoms with E-state index in [1.807, 2.05) is 48.8 Å². The average molecular weight is 762 g/mol. The van der Waals surface area contributed by atoms with Crippen LogP contribution in [0.4, 0.5) is 9.59 Å². The van der Waals surface area contributed by atoms with Crippen molar-refractivity contribution in [2.24, 2.45) is 11.7 Å². The number of nitrogens with one attached hydrogen (secondary N) is 2. The fraction of sp³-hybridized carbons (Fsp3) is 0.500. The van der Waals surface area contributed by atoms with E-state index in [9.17, 15) is 9.59 Å². The number of rotatable bonds is 19. The molecular weight excluding hydrogens is 707 g/mol. The predicted octanol–water partition coefficient (Wildman–Crippen LogP) is 6.46. The lowest BCUT2D eigenvalue weighted by Gasteiger charge is -2.35. The summed E-state index contributed by atoms with van der Waals surface area (Å²) in [5, 5.41) is 9.59. The van der Waals surface area contributed by atoms with Gasteiger partial charge in [0.05, 0.1) is 40.8 Å². The number of amides is 3. The van der Waals surface area contributed by atoms with Crippen molar-refractivity contribution in [1.29, 1.82) is 0 Å². The molecule has 0 unspecified atom stereocenters. The molecule has 4 atom stereocenters. The minimum absolute atomic E-state index is 0.0122. The summed E-state index contributed by atoms with van der Waals surface area (Å²) >= 11 is 3.08. The van der Waals surface area contributed by atoms with E-state index in [1.54, 1.807) is 27.9 Å². The number of thiazole rings is 2. The highest BCUT2D eigenvalue weighted by Crippen LogP contribution is 2.24. The second kappa shape index (κ2) is 21.1. The molecule has 0 saturated carbocycles. The lowest BCUT2D eigenvalue weighted by Crippen LogP contribution is -2.55. The second-order valence-electron chi connectivity index (χ2n) is 14.2. The summed E-state index contributed by atoms with van der Waals surface area (Å²) in [6.07, 6.45) is 4.77. The van der Waals surface area contributed by atoms with Crippen molar-refractivity contribution in [3.63, 3.8) is 0 Å². The molecule has 2 aromatic carbocycles. The lowest BCUT2D eigenvalue weighted by atomic mass is 9.82. The molecule has 1 aliphatic heterocycles. The molecule has 0 aliphatic carbocycles. The first-order chi connectivity index (χ1) is 25.7. The number of nitrogens with two attached hydrogens (primary N) is 1. The Kier molecular flexibility index (Phi) is 16.1. The quantitative estimate of drug-likeness (QED) is 0.0992. The van der Waals surface area contributed by atoms with E-state index in [4.69, 9.17) is 20.2 Å². The van der Waals surface area contributed by atoms with Crippen molar-refractivity contribution >= 4 is 34.8 Å². The van der Waals surface area contributed by atoms with Crippen LogP contribution in [0.3, 0.4) is 0 Å². The van der Waals surface area contributed by atoms with Gasteiger partial charge in [-0.1, -0.05) is 74.5 Å². The van der Waals surface area contributed by atoms with Crippen LogP contribution in [0.5, 0.6) is 0 Å². The number of carbonyl (C=O) groups excluding carboxylic acids is 2. The van der Waals surface area contributed by atoms with E-state index in [0.717, 1.165) is 53.6 Å². The van der Waals surface area contributed by atoms with Crippen LogP contribution in [0, 0.1) is 5.92 Å². The van der Waals surface area contributed by atoms with Crippen LogP contribution in [0.1, 0.15) is 65.7 Å². The van der Waals surface area contributed by atoms with Crippen molar-refractivity contribution in [2.75, 3.05) is 39.9 Å². The highest BCUT2D eigenvalue weighted by Gasteiger charge is 2.30. The molecule has 3 heterocycles. The predicted molar refractivity (Wildman–Crippen MR) is 212 cm³/mol. The van der Waals surface area contributed by atoms with Gasteiger partial charge in [0.25, 0.3) is 0 Å². The Bertz CT molecular complexity index is 1630.